The third kappa shape index (κ3) is 3.79. The topological polar surface area (TPSA) is 42.7 Å². The Morgan fingerprint density at radius 2 is 1.38 bits per heavy atom. The SMILES string of the molecule is FC(F)(F)c1cc(Nc2nncn2-c2ccccc2)cc(C(F)(F)F)c1. The number of anilines is 2. The van der Waals surface area contributed by atoms with E-state index in [0.29, 0.717) is 17.8 Å². The van der Waals surface area contributed by atoms with E-state index in [-0.39, 0.29) is 12.0 Å². The highest BCUT2D eigenvalue weighted by molar-refractivity contribution is 5.58. The molecule has 0 aliphatic carbocycles. The van der Waals surface area contributed by atoms with Crippen molar-refractivity contribution in [3.8, 4) is 5.69 Å². The van der Waals surface area contributed by atoms with Crippen LogP contribution in [0, 0.1) is 0 Å². The van der Waals surface area contributed by atoms with Crippen LogP contribution in [-0.2, 0) is 12.4 Å². The number of nitrogens with zero attached hydrogens (tertiary/aromatic N) is 3. The first-order chi connectivity index (χ1) is 12.1. The summed E-state index contributed by atoms with van der Waals surface area (Å²) in [5.41, 5.74) is -2.65. The van der Waals surface area contributed by atoms with Gasteiger partial charge in [-0.2, -0.15) is 26.3 Å². The lowest BCUT2D eigenvalue weighted by Crippen LogP contribution is -2.12. The number of aromatic nitrogens is 3. The van der Waals surface area contributed by atoms with Crippen molar-refractivity contribution in [2.45, 2.75) is 12.4 Å². The molecule has 0 aliphatic heterocycles. The Morgan fingerprint density at radius 1 is 0.808 bits per heavy atom. The molecule has 136 valence electrons. The van der Waals surface area contributed by atoms with Crippen molar-refractivity contribution in [3.05, 3.63) is 66.0 Å². The second-order valence-electron chi connectivity index (χ2n) is 5.28. The summed E-state index contributed by atoms with van der Waals surface area (Å²) in [6.45, 7) is 0. The lowest BCUT2D eigenvalue weighted by Gasteiger charge is -2.15. The van der Waals surface area contributed by atoms with E-state index in [2.05, 4.69) is 15.5 Å². The second kappa shape index (κ2) is 6.36. The van der Waals surface area contributed by atoms with Gasteiger partial charge in [-0.15, -0.1) is 10.2 Å². The molecule has 3 rings (SSSR count). The summed E-state index contributed by atoms with van der Waals surface area (Å²) in [6, 6.07) is 9.77. The maximum Gasteiger partial charge on any atom is 0.416 e. The molecular formula is C16H10F6N4. The molecule has 3 aromatic rings. The standard InChI is InChI=1S/C16H10F6N4/c17-15(18,19)10-6-11(16(20,21)22)8-12(7-10)24-14-25-23-9-26(14)13-4-2-1-3-5-13/h1-9H,(H,24,25). The summed E-state index contributed by atoms with van der Waals surface area (Å²) in [7, 11) is 0. The summed E-state index contributed by atoms with van der Waals surface area (Å²) in [5, 5.41) is 9.82. The van der Waals surface area contributed by atoms with E-state index < -0.39 is 29.2 Å². The molecule has 0 aliphatic rings. The maximum absolute atomic E-state index is 12.9. The third-order valence-corrected chi connectivity index (χ3v) is 3.43. The monoisotopic (exact) mass is 372 g/mol. The normalized spacial score (nSPS) is 12.2. The molecule has 0 amide bonds. The molecule has 0 fully saturated rings. The lowest BCUT2D eigenvalue weighted by atomic mass is 10.1. The number of halogens is 6. The molecule has 0 spiro atoms. The van der Waals surface area contributed by atoms with Gasteiger partial charge in [0.25, 0.3) is 0 Å². The first-order valence-corrected chi connectivity index (χ1v) is 7.16. The van der Waals surface area contributed by atoms with Gasteiger partial charge in [0.15, 0.2) is 0 Å². The summed E-state index contributed by atoms with van der Waals surface area (Å²) in [4.78, 5) is 0. The van der Waals surface area contributed by atoms with Gasteiger partial charge in [0.05, 0.1) is 16.8 Å². The average Bonchev–Trinajstić information content (AvgIpc) is 3.02. The van der Waals surface area contributed by atoms with Gasteiger partial charge >= 0.3 is 12.4 Å². The molecule has 0 radical (unpaired) electrons. The third-order valence-electron chi connectivity index (χ3n) is 3.43. The van der Waals surface area contributed by atoms with E-state index in [9.17, 15) is 26.3 Å². The zero-order valence-corrected chi connectivity index (χ0v) is 12.8. The number of para-hydroxylation sites is 1. The van der Waals surface area contributed by atoms with Crippen LogP contribution < -0.4 is 5.32 Å². The Balaban J connectivity index is 2.02. The van der Waals surface area contributed by atoms with E-state index in [1.54, 1.807) is 30.3 Å². The van der Waals surface area contributed by atoms with Crippen LogP contribution >= 0.6 is 0 Å². The molecule has 0 saturated carbocycles. The Bertz CT molecular complexity index is 867. The van der Waals surface area contributed by atoms with Gasteiger partial charge in [-0.3, -0.25) is 4.57 Å². The minimum atomic E-state index is -4.93. The molecule has 10 heteroatoms. The van der Waals surface area contributed by atoms with Crippen LogP contribution in [0.5, 0.6) is 0 Å². The minimum Gasteiger partial charge on any atom is -0.324 e. The lowest BCUT2D eigenvalue weighted by molar-refractivity contribution is -0.143. The fourth-order valence-electron chi connectivity index (χ4n) is 2.25. The number of hydrogen-bond acceptors (Lipinski definition) is 3. The van der Waals surface area contributed by atoms with E-state index >= 15 is 0 Å². The van der Waals surface area contributed by atoms with Crippen molar-refractivity contribution in [1.82, 2.24) is 14.8 Å². The Labute approximate surface area is 143 Å². The molecule has 1 aromatic heterocycles. The quantitative estimate of drug-likeness (QED) is 0.655. The fraction of sp³-hybridized carbons (Fsp3) is 0.125. The molecular weight excluding hydrogens is 362 g/mol. The molecule has 0 bridgehead atoms. The molecule has 0 unspecified atom stereocenters. The van der Waals surface area contributed by atoms with Crippen molar-refractivity contribution < 1.29 is 26.3 Å². The van der Waals surface area contributed by atoms with Crippen LogP contribution in [0.15, 0.2) is 54.9 Å². The smallest absolute Gasteiger partial charge is 0.324 e. The van der Waals surface area contributed by atoms with Crippen LogP contribution in [0.4, 0.5) is 38.0 Å². The highest BCUT2D eigenvalue weighted by Gasteiger charge is 2.37. The molecule has 2 aromatic carbocycles. The predicted octanol–water partition coefficient (Wildman–Crippen LogP) is 5.05. The van der Waals surface area contributed by atoms with Gasteiger partial charge in [0.1, 0.15) is 6.33 Å². The van der Waals surface area contributed by atoms with Crippen molar-refractivity contribution in [1.29, 1.82) is 0 Å². The summed E-state index contributed by atoms with van der Waals surface area (Å²) in [6.07, 6.45) is -8.56. The Morgan fingerprint density at radius 3 is 1.92 bits per heavy atom. The van der Waals surface area contributed by atoms with Gasteiger partial charge < -0.3 is 5.32 Å². The number of hydrogen-bond donors (Lipinski definition) is 1. The summed E-state index contributed by atoms with van der Waals surface area (Å²) >= 11 is 0. The van der Waals surface area contributed by atoms with E-state index in [1.165, 1.54) is 10.9 Å². The van der Waals surface area contributed by atoms with E-state index in [1.807, 2.05) is 0 Å². The zero-order chi connectivity index (χ0) is 18.9. The molecule has 26 heavy (non-hydrogen) atoms. The van der Waals surface area contributed by atoms with Crippen LogP contribution in [-0.4, -0.2) is 14.8 Å². The number of rotatable bonds is 3. The first-order valence-electron chi connectivity index (χ1n) is 7.16. The van der Waals surface area contributed by atoms with Crippen LogP contribution in [0.25, 0.3) is 5.69 Å². The van der Waals surface area contributed by atoms with Crippen molar-refractivity contribution in [2.75, 3.05) is 5.32 Å². The number of nitrogens with one attached hydrogen (secondary N) is 1. The van der Waals surface area contributed by atoms with E-state index in [4.69, 9.17) is 0 Å². The highest BCUT2D eigenvalue weighted by atomic mass is 19.4. The molecule has 0 saturated heterocycles. The van der Waals surface area contributed by atoms with Crippen molar-refractivity contribution in [3.63, 3.8) is 0 Å². The van der Waals surface area contributed by atoms with Crippen LogP contribution in [0.3, 0.4) is 0 Å². The van der Waals surface area contributed by atoms with Crippen LogP contribution in [0.1, 0.15) is 11.1 Å². The van der Waals surface area contributed by atoms with Crippen molar-refractivity contribution in [2.24, 2.45) is 0 Å². The van der Waals surface area contributed by atoms with Gasteiger partial charge in [-0.25, -0.2) is 0 Å². The maximum atomic E-state index is 12.9. The highest BCUT2D eigenvalue weighted by Crippen LogP contribution is 2.38. The van der Waals surface area contributed by atoms with Gasteiger partial charge in [0.2, 0.25) is 5.95 Å². The second-order valence-corrected chi connectivity index (χ2v) is 5.28. The predicted molar refractivity (Wildman–Crippen MR) is 81.1 cm³/mol. The first kappa shape index (κ1) is 17.8. The summed E-state index contributed by atoms with van der Waals surface area (Å²) in [5.74, 6) is -0.0244. The fourth-order valence-corrected chi connectivity index (χ4v) is 2.25. The number of alkyl halides is 6. The van der Waals surface area contributed by atoms with Crippen LogP contribution in [0.2, 0.25) is 0 Å². The van der Waals surface area contributed by atoms with Crippen molar-refractivity contribution >= 4 is 11.6 Å². The molecule has 0 atom stereocenters. The van der Waals surface area contributed by atoms with Gasteiger partial charge in [-0.05, 0) is 30.3 Å². The molecule has 4 nitrogen and oxygen atoms in total. The minimum absolute atomic E-state index is 0.0244. The van der Waals surface area contributed by atoms with E-state index in [0.717, 1.165) is 0 Å². The zero-order valence-electron chi connectivity index (χ0n) is 12.8. The summed E-state index contributed by atoms with van der Waals surface area (Å²) < 4.78 is 79.0. The Hall–Kier alpha value is -3.04. The largest absolute Gasteiger partial charge is 0.416 e. The van der Waals surface area contributed by atoms with Gasteiger partial charge in [0, 0.05) is 5.69 Å². The molecule has 1 N–H and O–H groups in total. The Kier molecular flexibility index (Phi) is 4.34. The average molecular weight is 372 g/mol. The van der Waals surface area contributed by atoms with Gasteiger partial charge in [-0.1, -0.05) is 18.2 Å². The number of benzene rings is 2. The molecule has 1 heterocycles.